The van der Waals surface area contributed by atoms with Gasteiger partial charge in [-0.25, -0.2) is 4.79 Å². The van der Waals surface area contributed by atoms with E-state index in [1.807, 2.05) is 13.0 Å². The molecule has 0 fully saturated rings. The average Bonchev–Trinajstić information content (AvgIpc) is 2.86. The average molecular weight is 343 g/mol. The van der Waals surface area contributed by atoms with Gasteiger partial charge in [-0.05, 0) is 69.0 Å². The Labute approximate surface area is 147 Å². The number of carbonyl (C=O) groups excluding carboxylic acids is 1. The van der Waals surface area contributed by atoms with Crippen molar-refractivity contribution < 1.29 is 4.79 Å². The minimum absolute atomic E-state index is 0.00119. The summed E-state index contributed by atoms with van der Waals surface area (Å²) in [5.74, 6) is 0. The zero-order valence-electron chi connectivity index (χ0n) is 14.8. The molecule has 0 radical (unpaired) electrons. The predicted molar refractivity (Wildman–Crippen MR) is 102 cm³/mol. The molecule has 1 aromatic heterocycles. The van der Waals surface area contributed by atoms with Crippen LogP contribution in [0.1, 0.15) is 40.3 Å². The van der Waals surface area contributed by atoms with E-state index in [1.54, 1.807) is 11.3 Å². The molecule has 3 rings (SSSR count). The number of hydrogen-bond donors (Lipinski definition) is 2. The van der Waals surface area contributed by atoms with Crippen LogP contribution in [-0.4, -0.2) is 19.6 Å². The Kier molecular flexibility index (Phi) is 4.81. The molecule has 2 amide bonds. The number of thiophene rings is 1. The van der Waals surface area contributed by atoms with E-state index in [1.165, 1.54) is 26.6 Å². The second-order valence-electron chi connectivity index (χ2n) is 6.56. The van der Waals surface area contributed by atoms with Crippen LogP contribution in [0.4, 0.5) is 16.2 Å². The normalized spacial score (nSPS) is 14.9. The summed E-state index contributed by atoms with van der Waals surface area (Å²) in [6.45, 7) is 7.31. The Morgan fingerprint density at radius 3 is 2.79 bits per heavy atom. The molecule has 2 aromatic rings. The lowest BCUT2D eigenvalue weighted by molar-refractivity contribution is 0.249. The molecule has 0 unspecified atom stereocenters. The van der Waals surface area contributed by atoms with Crippen molar-refractivity contribution >= 4 is 28.7 Å². The molecule has 4 nitrogen and oxygen atoms in total. The molecule has 1 aromatic carbocycles. The van der Waals surface area contributed by atoms with Gasteiger partial charge in [-0.15, -0.1) is 11.3 Å². The molecule has 2 heterocycles. The highest BCUT2D eigenvalue weighted by Crippen LogP contribution is 2.29. The van der Waals surface area contributed by atoms with Gasteiger partial charge in [0.2, 0.25) is 0 Å². The minimum Gasteiger partial charge on any atom is -0.374 e. The first-order valence-corrected chi connectivity index (χ1v) is 9.24. The van der Waals surface area contributed by atoms with Crippen LogP contribution >= 0.6 is 11.3 Å². The largest absolute Gasteiger partial charge is 0.374 e. The van der Waals surface area contributed by atoms with Crippen LogP contribution in [0.2, 0.25) is 0 Å². The van der Waals surface area contributed by atoms with Gasteiger partial charge in [0.05, 0.1) is 6.04 Å². The summed E-state index contributed by atoms with van der Waals surface area (Å²) >= 11 is 1.77. The van der Waals surface area contributed by atoms with Crippen LogP contribution < -0.4 is 15.5 Å². The summed E-state index contributed by atoms with van der Waals surface area (Å²) in [7, 11) is 2.12. The number of nitrogens with zero attached hydrogens (tertiary/aromatic N) is 1. The fourth-order valence-electron chi connectivity index (χ4n) is 3.38. The summed E-state index contributed by atoms with van der Waals surface area (Å²) in [5, 5.41) is 6.00. The molecule has 0 saturated heterocycles. The van der Waals surface area contributed by atoms with E-state index in [9.17, 15) is 4.79 Å². The second-order valence-corrected chi connectivity index (χ2v) is 8.02. The standard InChI is InChI=1S/C19H25N3OS/c1-12-10-17(14(3)24-12)13(2)20-19(23)21-16-7-8-18-15(11-16)6-5-9-22(18)4/h7-8,10-11,13H,5-6,9H2,1-4H3,(H2,20,21,23)/t13-/m0/s1. The Balaban J connectivity index is 1.66. The first kappa shape index (κ1) is 16.8. The molecule has 0 saturated carbocycles. The van der Waals surface area contributed by atoms with E-state index in [4.69, 9.17) is 0 Å². The van der Waals surface area contributed by atoms with Gasteiger partial charge in [-0.3, -0.25) is 0 Å². The Morgan fingerprint density at radius 2 is 2.08 bits per heavy atom. The first-order chi connectivity index (χ1) is 11.4. The van der Waals surface area contributed by atoms with Crippen molar-refractivity contribution in [1.29, 1.82) is 0 Å². The fraction of sp³-hybridized carbons (Fsp3) is 0.421. The van der Waals surface area contributed by atoms with Crippen molar-refractivity contribution in [1.82, 2.24) is 5.32 Å². The van der Waals surface area contributed by atoms with Gasteiger partial charge in [0, 0.05) is 34.7 Å². The summed E-state index contributed by atoms with van der Waals surface area (Å²) in [4.78, 5) is 17.1. The van der Waals surface area contributed by atoms with E-state index in [2.05, 4.69) is 54.6 Å². The van der Waals surface area contributed by atoms with Crippen molar-refractivity contribution in [2.75, 3.05) is 23.8 Å². The summed E-state index contributed by atoms with van der Waals surface area (Å²) in [6.07, 6.45) is 2.23. The predicted octanol–water partition coefficient (Wildman–Crippen LogP) is 4.63. The molecule has 0 aliphatic carbocycles. The van der Waals surface area contributed by atoms with Crippen molar-refractivity contribution in [2.24, 2.45) is 0 Å². The lowest BCUT2D eigenvalue weighted by Gasteiger charge is -2.27. The molecule has 0 spiro atoms. The van der Waals surface area contributed by atoms with Crippen LogP contribution in [0.5, 0.6) is 0 Å². The maximum Gasteiger partial charge on any atom is 0.319 e. The highest BCUT2D eigenvalue weighted by molar-refractivity contribution is 7.12. The second kappa shape index (κ2) is 6.85. The lowest BCUT2D eigenvalue weighted by atomic mass is 10.0. The van der Waals surface area contributed by atoms with Gasteiger partial charge in [-0.1, -0.05) is 0 Å². The highest BCUT2D eigenvalue weighted by Gasteiger charge is 2.16. The number of fused-ring (bicyclic) bond motifs is 1. The maximum atomic E-state index is 12.3. The van der Waals surface area contributed by atoms with Crippen LogP contribution in [-0.2, 0) is 6.42 Å². The van der Waals surface area contributed by atoms with Crippen molar-refractivity contribution in [2.45, 2.75) is 39.7 Å². The monoisotopic (exact) mass is 343 g/mol. The minimum atomic E-state index is -0.158. The van der Waals surface area contributed by atoms with E-state index in [0.717, 1.165) is 25.1 Å². The van der Waals surface area contributed by atoms with Gasteiger partial charge < -0.3 is 15.5 Å². The number of urea groups is 1. The molecule has 128 valence electrons. The maximum absolute atomic E-state index is 12.3. The quantitative estimate of drug-likeness (QED) is 0.853. The van der Waals surface area contributed by atoms with Gasteiger partial charge >= 0.3 is 6.03 Å². The molecule has 1 aliphatic heterocycles. The molecule has 0 bridgehead atoms. The number of anilines is 2. The van der Waals surface area contributed by atoms with E-state index < -0.39 is 0 Å². The molecule has 24 heavy (non-hydrogen) atoms. The zero-order chi connectivity index (χ0) is 17.3. The van der Waals surface area contributed by atoms with Crippen molar-refractivity contribution in [3.8, 4) is 0 Å². The molecule has 1 atom stereocenters. The van der Waals surface area contributed by atoms with Gasteiger partial charge in [0.15, 0.2) is 0 Å². The van der Waals surface area contributed by atoms with Crippen LogP contribution in [0.15, 0.2) is 24.3 Å². The fourth-order valence-corrected chi connectivity index (χ4v) is 4.41. The third-order valence-corrected chi connectivity index (χ3v) is 5.56. The van der Waals surface area contributed by atoms with Crippen molar-refractivity contribution in [3.05, 3.63) is 45.1 Å². The highest BCUT2D eigenvalue weighted by atomic mass is 32.1. The molecule has 5 heteroatoms. The topological polar surface area (TPSA) is 44.4 Å². The number of benzene rings is 1. The van der Waals surface area contributed by atoms with Crippen molar-refractivity contribution in [3.63, 3.8) is 0 Å². The zero-order valence-corrected chi connectivity index (χ0v) is 15.6. The lowest BCUT2D eigenvalue weighted by Crippen LogP contribution is -2.31. The van der Waals surface area contributed by atoms with Gasteiger partial charge in [0.1, 0.15) is 0 Å². The Morgan fingerprint density at radius 1 is 1.29 bits per heavy atom. The third-order valence-electron chi connectivity index (χ3n) is 4.58. The third kappa shape index (κ3) is 3.56. The van der Waals surface area contributed by atoms with E-state index in [-0.39, 0.29) is 12.1 Å². The molecular formula is C19H25N3OS. The van der Waals surface area contributed by atoms with Crippen LogP contribution in [0.25, 0.3) is 0 Å². The molecular weight excluding hydrogens is 318 g/mol. The van der Waals surface area contributed by atoms with Gasteiger partial charge in [0.25, 0.3) is 0 Å². The first-order valence-electron chi connectivity index (χ1n) is 8.42. The van der Waals surface area contributed by atoms with Crippen LogP contribution in [0, 0.1) is 13.8 Å². The van der Waals surface area contributed by atoms with Crippen LogP contribution in [0.3, 0.4) is 0 Å². The number of amides is 2. The summed E-state index contributed by atoms with van der Waals surface area (Å²) in [6, 6.07) is 8.16. The number of nitrogens with one attached hydrogen (secondary N) is 2. The SMILES string of the molecule is Cc1cc([C@H](C)NC(=O)Nc2ccc3c(c2)CCCN3C)c(C)s1. The Bertz CT molecular complexity index is 753. The number of carbonyl (C=O) groups is 1. The summed E-state index contributed by atoms with van der Waals surface area (Å²) in [5.41, 5.74) is 4.62. The number of aryl methyl sites for hydroxylation is 3. The van der Waals surface area contributed by atoms with E-state index in [0.29, 0.717) is 0 Å². The summed E-state index contributed by atoms with van der Waals surface area (Å²) < 4.78 is 0. The number of hydrogen-bond acceptors (Lipinski definition) is 3. The van der Waals surface area contributed by atoms with Gasteiger partial charge in [-0.2, -0.15) is 0 Å². The smallest absolute Gasteiger partial charge is 0.319 e. The molecule has 1 aliphatic rings. The number of rotatable bonds is 3. The van der Waals surface area contributed by atoms with E-state index >= 15 is 0 Å². The Hall–Kier alpha value is -2.01. The molecule has 2 N–H and O–H groups in total.